The van der Waals surface area contributed by atoms with Crippen LogP contribution >= 0.6 is 0 Å². The van der Waals surface area contributed by atoms with Gasteiger partial charge in [-0.2, -0.15) is 15.0 Å². The molecule has 0 saturated carbocycles. The van der Waals surface area contributed by atoms with Gasteiger partial charge >= 0.3 is 36.4 Å². The topological polar surface area (TPSA) is 376 Å². The maximum atomic E-state index is 12.5. The van der Waals surface area contributed by atoms with Crippen molar-refractivity contribution in [1.29, 1.82) is 0 Å². The summed E-state index contributed by atoms with van der Waals surface area (Å²) in [6.07, 6.45) is 7.21. The second-order valence-electron chi connectivity index (χ2n) is 17.6. The molecule has 3 heterocycles. The Morgan fingerprint density at radius 2 is 0.662 bits per heavy atom. The van der Waals surface area contributed by atoms with E-state index in [-0.39, 0.29) is 42.1 Å². The Balaban J connectivity index is 1.30. The number of unbranched alkanes of at least 4 members (excludes halogenated alkanes) is 9. The Hall–Kier alpha value is -7.78. The molecule has 74 heavy (non-hydrogen) atoms. The molecular formula is C46H75N16O12+. The van der Waals surface area contributed by atoms with Gasteiger partial charge in [0.15, 0.2) is 0 Å². The van der Waals surface area contributed by atoms with Crippen LogP contribution in [-0.2, 0) is 14.2 Å². The number of likely N-dealkylation sites (N-methyl/N-ethyl adjacent to an activating group) is 1. The maximum Gasteiger partial charge on any atom is 0.407 e. The van der Waals surface area contributed by atoms with Gasteiger partial charge in [-0.05, 0) is 59.3 Å². The first-order chi connectivity index (χ1) is 35.5. The van der Waals surface area contributed by atoms with Gasteiger partial charge in [0.25, 0.3) is 16.7 Å². The van der Waals surface area contributed by atoms with Crippen LogP contribution in [0.15, 0.2) is 32.6 Å². The number of H-pyrrole nitrogens is 3. The lowest BCUT2D eigenvalue weighted by molar-refractivity contribution is -0.909. The number of alkyl carbamates (subject to hydrolysis) is 3. The fourth-order valence-corrected chi connectivity index (χ4v) is 6.92. The summed E-state index contributed by atoms with van der Waals surface area (Å²) in [5.74, 6) is 0.198. The lowest BCUT2D eigenvalue weighted by atomic mass is 10.2. The summed E-state index contributed by atoms with van der Waals surface area (Å²) >= 11 is 0. The highest BCUT2D eigenvalue weighted by molar-refractivity contribution is 5.88. The molecule has 0 aliphatic heterocycles. The molecule has 0 aliphatic rings. The van der Waals surface area contributed by atoms with Crippen molar-refractivity contribution in [2.45, 2.75) is 97.8 Å². The normalized spacial score (nSPS) is 10.9. The van der Waals surface area contributed by atoms with Gasteiger partial charge in [-0.1, -0.05) is 38.5 Å². The van der Waals surface area contributed by atoms with Crippen molar-refractivity contribution in [2.75, 3.05) is 102 Å². The van der Waals surface area contributed by atoms with Crippen LogP contribution in [0.2, 0.25) is 0 Å². The zero-order chi connectivity index (χ0) is 54.0. The Labute approximate surface area is 428 Å². The number of rotatable bonds is 33. The zero-order valence-corrected chi connectivity index (χ0v) is 42.9. The predicted octanol–water partition coefficient (Wildman–Crippen LogP) is 2.93. The maximum absolute atomic E-state index is 12.5. The largest absolute Gasteiger partial charge is 0.444 e. The highest BCUT2D eigenvalue weighted by atomic mass is 16.6. The fraction of sp³-hybridized carbons (Fsp3) is 0.609. The predicted molar refractivity (Wildman–Crippen MR) is 274 cm³/mol. The molecule has 0 aromatic carbocycles. The van der Waals surface area contributed by atoms with E-state index < -0.39 is 53.1 Å². The Kier molecular flexibility index (Phi) is 28.3. The van der Waals surface area contributed by atoms with E-state index >= 15 is 0 Å². The van der Waals surface area contributed by atoms with Crippen LogP contribution in [-0.4, -0.2) is 157 Å². The first-order valence-electron chi connectivity index (χ1n) is 24.9. The van der Waals surface area contributed by atoms with Crippen molar-refractivity contribution < 1.29 is 47.5 Å². The van der Waals surface area contributed by atoms with E-state index in [9.17, 15) is 43.2 Å². The van der Waals surface area contributed by atoms with Gasteiger partial charge in [0.1, 0.15) is 39.5 Å². The van der Waals surface area contributed by atoms with E-state index in [1.807, 2.05) is 7.05 Å². The highest BCUT2D eigenvalue weighted by Crippen LogP contribution is 2.06. The molecule has 0 spiro atoms. The molecule has 3 aromatic rings. The average Bonchev–Trinajstić information content (AvgIpc) is 3.30. The quantitative estimate of drug-likeness (QED) is 0.0237. The second-order valence-corrected chi connectivity index (χ2v) is 17.6. The van der Waals surface area contributed by atoms with Gasteiger partial charge in [-0.25, -0.2) is 28.8 Å². The summed E-state index contributed by atoms with van der Waals surface area (Å²) in [6.45, 7) is 8.56. The first-order valence-corrected chi connectivity index (χ1v) is 24.9. The van der Waals surface area contributed by atoms with Crippen LogP contribution < -0.4 is 64.5 Å². The number of hydrogen-bond donors (Lipinski definition) is 12. The number of carbonyl (C=O) groups excluding carboxylic acids is 6. The summed E-state index contributed by atoms with van der Waals surface area (Å²) in [5, 5.41) is 23.8. The van der Waals surface area contributed by atoms with Crippen LogP contribution in [0.3, 0.4) is 0 Å². The summed E-state index contributed by atoms with van der Waals surface area (Å²) in [5.41, 5.74) is 0.350. The molecule has 0 unspecified atom stereocenters. The van der Waals surface area contributed by atoms with Gasteiger partial charge in [-0.15, -0.1) is 0 Å². The van der Waals surface area contributed by atoms with E-state index in [4.69, 9.17) is 14.2 Å². The number of ether oxygens (including phenoxy) is 3. The van der Waals surface area contributed by atoms with E-state index in [0.717, 1.165) is 38.5 Å². The van der Waals surface area contributed by atoms with Gasteiger partial charge in [-0.3, -0.25) is 30.3 Å². The monoisotopic (exact) mass is 1040 g/mol. The van der Waals surface area contributed by atoms with E-state index in [0.29, 0.717) is 115 Å². The second kappa shape index (κ2) is 34.6. The molecule has 28 nitrogen and oxygen atoms in total. The number of anilines is 3. The smallest absolute Gasteiger partial charge is 0.407 e. The minimum absolute atomic E-state index is 0.0381. The van der Waals surface area contributed by atoms with E-state index in [1.165, 1.54) is 18.2 Å². The lowest BCUT2D eigenvalue weighted by Crippen LogP contribution is -2.51. The molecule has 3 aromatic heterocycles. The molecular weight excluding hydrogens is 969 g/mol. The van der Waals surface area contributed by atoms with Crippen molar-refractivity contribution in [3.63, 3.8) is 0 Å². The van der Waals surface area contributed by atoms with Gasteiger partial charge in [0, 0.05) is 74.5 Å². The van der Waals surface area contributed by atoms with Crippen molar-refractivity contribution >= 4 is 54.2 Å². The number of urea groups is 3. The highest BCUT2D eigenvalue weighted by Gasteiger charge is 2.24. The average molecular weight is 1040 g/mol. The van der Waals surface area contributed by atoms with Crippen LogP contribution in [0.5, 0.6) is 0 Å². The summed E-state index contributed by atoms with van der Waals surface area (Å²) < 4.78 is 16.6. The third kappa shape index (κ3) is 28.9. The molecule has 0 atom stereocenters. The van der Waals surface area contributed by atoms with Crippen LogP contribution in [0.1, 0.15) is 94.1 Å². The number of aryl methyl sites for hydroxylation is 3. The number of aromatic nitrogens is 6. The van der Waals surface area contributed by atoms with Crippen LogP contribution in [0.25, 0.3) is 0 Å². The number of nitrogens with zero attached hydrogens (tertiary/aromatic N) is 4. The molecule has 0 fully saturated rings. The van der Waals surface area contributed by atoms with Crippen molar-refractivity contribution in [1.82, 2.24) is 61.8 Å². The lowest BCUT2D eigenvalue weighted by Gasteiger charge is -2.33. The number of amides is 9. The minimum atomic E-state index is -0.587. The minimum Gasteiger partial charge on any atom is -0.444 e. The zero-order valence-electron chi connectivity index (χ0n) is 42.9. The molecule has 12 N–H and O–H groups in total. The number of quaternary nitrogens is 1. The van der Waals surface area contributed by atoms with E-state index in [2.05, 4.69) is 77.8 Å². The van der Waals surface area contributed by atoms with Gasteiger partial charge < -0.3 is 65.5 Å². The number of aromatic amines is 3. The third-order valence-corrected chi connectivity index (χ3v) is 10.9. The van der Waals surface area contributed by atoms with E-state index in [1.54, 1.807) is 20.8 Å². The van der Waals surface area contributed by atoms with Crippen LogP contribution in [0, 0.1) is 20.8 Å². The number of nitrogens with one attached hydrogen (secondary N) is 12. The Morgan fingerprint density at radius 3 is 0.905 bits per heavy atom. The summed E-state index contributed by atoms with van der Waals surface area (Å²) in [4.78, 5) is 128. The molecule has 0 bridgehead atoms. The molecule has 3 rings (SSSR count). The van der Waals surface area contributed by atoms with Crippen molar-refractivity contribution in [2.24, 2.45) is 0 Å². The van der Waals surface area contributed by atoms with Gasteiger partial charge in [0.2, 0.25) is 17.8 Å². The Bertz CT molecular complexity index is 2150. The molecule has 0 saturated heterocycles. The van der Waals surface area contributed by atoms with Crippen LogP contribution in [0.4, 0.5) is 46.6 Å². The molecule has 28 heteroatoms. The number of hydrogen-bond acceptors (Lipinski definition) is 15. The third-order valence-electron chi connectivity index (χ3n) is 10.9. The SMILES string of the molecule is Cc1cc(=O)nc(NC(=O)NCCCCCCNC(=O)OCC[N+](C)(CCOC(=O)NCCCCCCNC(=O)Nc2nc(=O)cc(C)[nH]2)CCOC(=O)NCCCCCCNC(=O)Nc2nc(=O)cc(C)[nH]2)[nH]1. The molecule has 410 valence electrons. The molecule has 9 amide bonds. The molecule has 0 radical (unpaired) electrons. The summed E-state index contributed by atoms with van der Waals surface area (Å²) in [6, 6.07) is 2.51. The Morgan fingerprint density at radius 1 is 0.419 bits per heavy atom. The summed E-state index contributed by atoms with van der Waals surface area (Å²) in [7, 11) is 1.88. The molecule has 0 aliphatic carbocycles. The van der Waals surface area contributed by atoms with Crippen molar-refractivity contribution in [3.8, 4) is 0 Å². The number of carbonyl (C=O) groups is 6. The van der Waals surface area contributed by atoms with Crippen molar-refractivity contribution in [3.05, 3.63) is 66.3 Å². The fourth-order valence-electron chi connectivity index (χ4n) is 6.92. The van der Waals surface area contributed by atoms with Gasteiger partial charge in [0.05, 0.1) is 7.05 Å². The standard InChI is InChI=1S/C46H74N16O12/c1-32-29-35(63)56-38(53-32)59-41(66)47-17-11-5-8-14-20-50-44(69)72-26-23-62(4,24-27-73-45(70)51-21-15-9-6-12-18-48-42(67)60-39-54-33(2)30-36(64)57-39)25-28-74-46(71)52-22-16-10-7-13-19-49-43(68)61-40-55-34(3)31-37(65)58-40/h29-31H,5-28H2,1-4H3,(H11-,47,48,49,50,51,52,53,54,55,56,57,58,59,60,61,63,64,65,66,67,68,69,70,71)/p+1. The first kappa shape index (κ1) is 60.5.